The van der Waals surface area contributed by atoms with Crippen LogP contribution in [0, 0.1) is 0 Å². The van der Waals surface area contributed by atoms with Gasteiger partial charge in [-0.15, -0.1) is 0 Å². The van der Waals surface area contributed by atoms with Gasteiger partial charge in [-0.2, -0.15) is 0 Å². The summed E-state index contributed by atoms with van der Waals surface area (Å²) in [4.78, 5) is 19.1. The number of carbonyl (C=O) groups is 1. The fraction of sp³-hybridized carbons (Fsp3) is 0.733. The van der Waals surface area contributed by atoms with Crippen LogP contribution in [0.1, 0.15) is 44.3 Å². The number of nitrogens with zero attached hydrogens (tertiary/aromatic N) is 3. The van der Waals surface area contributed by atoms with Gasteiger partial charge in [0.05, 0.1) is 5.54 Å². The van der Waals surface area contributed by atoms with Gasteiger partial charge in [-0.25, -0.2) is 4.98 Å². The first-order valence-electron chi connectivity index (χ1n) is 7.23. The Bertz CT molecular complexity index is 430. The number of aromatic nitrogens is 2. The van der Waals surface area contributed by atoms with E-state index in [0.717, 1.165) is 25.1 Å². The Labute approximate surface area is 115 Å². The van der Waals surface area contributed by atoms with E-state index in [9.17, 15) is 4.79 Å². The Balaban J connectivity index is 2.02. The topological polar surface area (TPSA) is 38.1 Å². The molecule has 2 rings (SSSR count). The highest BCUT2D eigenvalue weighted by Crippen LogP contribution is 2.34. The molecule has 1 fully saturated rings. The fourth-order valence-electron chi connectivity index (χ4n) is 3.21. The van der Waals surface area contributed by atoms with Crippen molar-refractivity contribution in [2.75, 3.05) is 14.1 Å². The molecule has 0 bridgehead atoms. The molecular formula is C15H25N3O. The highest BCUT2D eigenvalue weighted by Gasteiger charge is 2.40. The third-order valence-corrected chi connectivity index (χ3v) is 4.55. The summed E-state index contributed by atoms with van der Waals surface area (Å²) in [6, 6.07) is 0. The summed E-state index contributed by atoms with van der Waals surface area (Å²) < 4.78 is 2.00. The quantitative estimate of drug-likeness (QED) is 0.817. The zero-order chi connectivity index (χ0) is 13.9. The minimum absolute atomic E-state index is 0.219. The van der Waals surface area contributed by atoms with Crippen LogP contribution >= 0.6 is 0 Å². The molecule has 0 aliphatic heterocycles. The standard InChI is InChI=1S/C15H25N3O/c1-17(2)15(9-5-4-6-10-15)13(19)7-8-14-16-11-12-18(14)3/h11-12H,4-10H2,1-3H3. The van der Waals surface area contributed by atoms with Gasteiger partial charge in [0.25, 0.3) is 0 Å². The van der Waals surface area contributed by atoms with Gasteiger partial charge in [0.15, 0.2) is 5.78 Å². The maximum Gasteiger partial charge on any atom is 0.153 e. The van der Waals surface area contributed by atoms with E-state index in [-0.39, 0.29) is 5.54 Å². The van der Waals surface area contributed by atoms with Gasteiger partial charge in [-0.3, -0.25) is 9.69 Å². The van der Waals surface area contributed by atoms with Gasteiger partial charge in [0.1, 0.15) is 5.82 Å². The Morgan fingerprint density at radius 2 is 2.05 bits per heavy atom. The fourth-order valence-corrected chi connectivity index (χ4v) is 3.21. The third kappa shape index (κ3) is 2.89. The van der Waals surface area contributed by atoms with Gasteiger partial charge in [0.2, 0.25) is 0 Å². The van der Waals surface area contributed by atoms with Gasteiger partial charge in [-0.05, 0) is 26.9 Å². The Hall–Kier alpha value is -1.16. The lowest BCUT2D eigenvalue weighted by Crippen LogP contribution is -2.52. The molecule has 0 N–H and O–H groups in total. The summed E-state index contributed by atoms with van der Waals surface area (Å²) in [6.45, 7) is 0. The number of hydrogen-bond acceptors (Lipinski definition) is 3. The van der Waals surface area contributed by atoms with Gasteiger partial charge >= 0.3 is 0 Å². The average molecular weight is 263 g/mol. The summed E-state index contributed by atoms with van der Waals surface area (Å²) in [5.41, 5.74) is -0.219. The predicted molar refractivity (Wildman–Crippen MR) is 76.0 cm³/mol. The molecule has 106 valence electrons. The first-order chi connectivity index (χ1) is 9.06. The van der Waals surface area contributed by atoms with E-state index < -0.39 is 0 Å². The molecule has 0 spiro atoms. The number of ketones is 1. The second-order valence-electron chi connectivity index (χ2n) is 5.86. The molecule has 1 aromatic heterocycles. The Kier molecular flexibility index (Phi) is 4.40. The van der Waals surface area contributed by atoms with E-state index in [4.69, 9.17) is 0 Å². The summed E-state index contributed by atoms with van der Waals surface area (Å²) in [5.74, 6) is 1.39. The molecule has 0 radical (unpaired) electrons. The average Bonchev–Trinajstić information content (AvgIpc) is 2.82. The number of Topliss-reactive ketones (excluding diaryl/α,β-unsaturated/α-hetero) is 1. The second-order valence-corrected chi connectivity index (χ2v) is 5.86. The Morgan fingerprint density at radius 1 is 1.37 bits per heavy atom. The Morgan fingerprint density at radius 3 is 2.58 bits per heavy atom. The maximum absolute atomic E-state index is 12.7. The molecule has 1 aliphatic carbocycles. The molecular weight excluding hydrogens is 238 g/mol. The van der Waals surface area contributed by atoms with E-state index in [1.54, 1.807) is 6.20 Å². The number of likely N-dealkylation sites (N-methyl/N-ethyl adjacent to an activating group) is 1. The van der Waals surface area contributed by atoms with Crippen LogP contribution in [0.5, 0.6) is 0 Å². The lowest BCUT2D eigenvalue weighted by Gasteiger charge is -2.41. The lowest BCUT2D eigenvalue weighted by atomic mass is 9.76. The maximum atomic E-state index is 12.7. The van der Waals surface area contributed by atoms with Crippen LogP contribution in [0.15, 0.2) is 12.4 Å². The zero-order valence-corrected chi connectivity index (χ0v) is 12.4. The minimum Gasteiger partial charge on any atom is -0.338 e. The lowest BCUT2D eigenvalue weighted by molar-refractivity contribution is -0.131. The summed E-state index contributed by atoms with van der Waals surface area (Å²) >= 11 is 0. The molecule has 1 saturated carbocycles. The highest BCUT2D eigenvalue weighted by molar-refractivity contribution is 5.88. The van der Waals surface area contributed by atoms with E-state index in [1.165, 1.54) is 19.3 Å². The van der Waals surface area contributed by atoms with Crippen molar-refractivity contribution in [3.63, 3.8) is 0 Å². The van der Waals surface area contributed by atoms with Crippen molar-refractivity contribution in [3.05, 3.63) is 18.2 Å². The third-order valence-electron chi connectivity index (χ3n) is 4.55. The van der Waals surface area contributed by atoms with Crippen LogP contribution in [-0.2, 0) is 18.3 Å². The molecule has 0 unspecified atom stereocenters. The molecule has 0 aromatic carbocycles. The molecule has 1 aliphatic rings. The van der Waals surface area contributed by atoms with E-state index in [2.05, 4.69) is 9.88 Å². The summed E-state index contributed by atoms with van der Waals surface area (Å²) in [5, 5.41) is 0. The molecule has 4 nitrogen and oxygen atoms in total. The molecule has 1 heterocycles. The number of hydrogen-bond donors (Lipinski definition) is 0. The predicted octanol–water partition coefficient (Wildman–Crippen LogP) is 2.19. The van der Waals surface area contributed by atoms with E-state index >= 15 is 0 Å². The molecule has 0 saturated heterocycles. The van der Waals surface area contributed by atoms with Crippen molar-refractivity contribution in [2.45, 2.75) is 50.5 Å². The van der Waals surface area contributed by atoms with Crippen molar-refractivity contribution in [2.24, 2.45) is 7.05 Å². The van der Waals surface area contributed by atoms with E-state index in [0.29, 0.717) is 12.2 Å². The molecule has 0 amide bonds. The smallest absolute Gasteiger partial charge is 0.153 e. The molecule has 1 aromatic rings. The van der Waals surface area contributed by atoms with Gasteiger partial charge in [0, 0.05) is 32.3 Å². The molecule has 19 heavy (non-hydrogen) atoms. The van der Waals surface area contributed by atoms with Crippen molar-refractivity contribution < 1.29 is 4.79 Å². The van der Waals surface area contributed by atoms with Crippen LogP contribution in [0.3, 0.4) is 0 Å². The van der Waals surface area contributed by atoms with Crippen LogP contribution < -0.4 is 0 Å². The molecule has 4 heteroatoms. The van der Waals surface area contributed by atoms with Crippen molar-refractivity contribution in [1.29, 1.82) is 0 Å². The number of aryl methyl sites for hydroxylation is 2. The summed E-state index contributed by atoms with van der Waals surface area (Å²) in [6.07, 6.45) is 10.7. The second kappa shape index (κ2) is 5.87. The van der Waals surface area contributed by atoms with Crippen molar-refractivity contribution >= 4 is 5.78 Å². The molecule has 0 atom stereocenters. The van der Waals surface area contributed by atoms with Crippen molar-refractivity contribution in [3.8, 4) is 0 Å². The highest BCUT2D eigenvalue weighted by atomic mass is 16.1. The number of imidazole rings is 1. The normalized spacial score (nSPS) is 18.7. The van der Waals surface area contributed by atoms with E-state index in [1.807, 2.05) is 31.9 Å². The van der Waals surface area contributed by atoms with Crippen LogP contribution in [0.4, 0.5) is 0 Å². The van der Waals surface area contributed by atoms with Crippen LogP contribution in [0.25, 0.3) is 0 Å². The number of carbonyl (C=O) groups excluding carboxylic acids is 1. The van der Waals surface area contributed by atoms with Gasteiger partial charge in [-0.1, -0.05) is 19.3 Å². The summed E-state index contributed by atoms with van der Waals surface area (Å²) in [7, 11) is 6.07. The van der Waals surface area contributed by atoms with Crippen LogP contribution in [0.2, 0.25) is 0 Å². The monoisotopic (exact) mass is 263 g/mol. The zero-order valence-electron chi connectivity index (χ0n) is 12.4. The first-order valence-corrected chi connectivity index (χ1v) is 7.23. The minimum atomic E-state index is -0.219. The SMILES string of the molecule is CN(C)C1(C(=O)CCc2nccn2C)CCCCC1. The first kappa shape index (κ1) is 14.3. The largest absolute Gasteiger partial charge is 0.338 e. The van der Waals surface area contributed by atoms with Gasteiger partial charge < -0.3 is 4.57 Å². The van der Waals surface area contributed by atoms with Crippen molar-refractivity contribution in [1.82, 2.24) is 14.5 Å². The van der Waals surface area contributed by atoms with Crippen LogP contribution in [-0.4, -0.2) is 39.9 Å². The number of rotatable bonds is 5.